The van der Waals surface area contributed by atoms with Crippen molar-refractivity contribution in [1.82, 2.24) is 16.0 Å². The van der Waals surface area contributed by atoms with Crippen LogP contribution in [0.1, 0.15) is 52.4 Å². The molecular weight excluding hydrogens is 410 g/mol. The molecule has 12 nitrogen and oxygen atoms in total. The Morgan fingerprint density at radius 3 is 2.06 bits per heavy atom. The number of hydrogen-bond acceptors (Lipinski definition) is 7. The van der Waals surface area contributed by atoms with Crippen LogP contribution in [0, 0.1) is 5.92 Å². The summed E-state index contributed by atoms with van der Waals surface area (Å²) in [4.78, 5) is 58.6. The number of carbonyl (C=O) groups is 5. The van der Waals surface area contributed by atoms with Gasteiger partial charge in [-0.1, -0.05) is 13.8 Å². The van der Waals surface area contributed by atoms with E-state index in [1.807, 2.05) is 13.8 Å². The zero-order valence-electron chi connectivity index (χ0n) is 18.1. The lowest BCUT2D eigenvalue weighted by atomic mass is 10.0. The zero-order valence-corrected chi connectivity index (χ0v) is 18.1. The van der Waals surface area contributed by atoms with E-state index in [1.165, 1.54) is 0 Å². The van der Waals surface area contributed by atoms with Gasteiger partial charge in [0.05, 0.1) is 12.6 Å². The molecule has 3 atom stereocenters. The summed E-state index contributed by atoms with van der Waals surface area (Å²) in [6.45, 7) is 3.59. The van der Waals surface area contributed by atoms with Gasteiger partial charge in [0.1, 0.15) is 12.1 Å². The van der Waals surface area contributed by atoms with Crippen molar-refractivity contribution in [2.24, 2.45) is 17.4 Å². The van der Waals surface area contributed by atoms with Gasteiger partial charge in [0, 0.05) is 6.42 Å². The zero-order chi connectivity index (χ0) is 24.0. The maximum atomic E-state index is 12.6. The van der Waals surface area contributed by atoms with Crippen LogP contribution in [0.15, 0.2) is 0 Å². The predicted octanol–water partition coefficient (Wildman–Crippen LogP) is -1.48. The third-order valence-corrected chi connectivity index (χ3v) is 4.35. The van der Waals surface area contributed by atoms with E-state index >= 15 is 0 Å². The number of nitrogens with one attached hydrogen (secondary N) is 3. The quantitative estimate of drug-likeness (QED) is 0.138. The Morgan fingerprint density at radius 1 is 0.903 bits per heavy atom. The lowest BCUT2D eigenvalue weighted by molar-refractivity contribution is -0.142. The molecule has 12 heteroatoms. The largest absolute Gasteiger partial charge is 0.481 e. The number of nitrogens with two attached hydrogens (primary N) is 2. The molecule has 31 heavy (non-hydrogen) atoms. The SMILES string of the molecule is CC(C)CC(NC(=O)C(CCCCN)NC(=O)CNC(=O)C(N)CCC(=O)O)C(=O)O. The summed E-state index contributed by atoms with van der Waals surface area (Å²) < 4.78 is 0. The Balaban J connectivity index is 4.87. The molecule has 0 heterocycles. The van der Waals surface area contributed by atoms with Gasteiger partial charge >= 0.3 is 11.9 Å². The van der Waals surface area contributed by atoms with E-state index in [-0.39, 0.29) is 31.6 Å². The van der Waals surface area contributed by atoms with E-state index in [1.54, 1.807) is 0 Å². The number of hydrogen-bond donors (Lipinski definition) is 7. The van der Waals surface area contributed by atoms with Crippen molar-refractivity contribution in [2.45, 2.75) is 70.5 Å². The molecule has 0 bridgehead atoms. The van der Waals surface area contributed by atoms with E-state index in [0.29, 0.717) is 19.4 Å². The van der Waals surface area contributed by atoms with Crippen LogP contribution < -0.4 is 27.4 Å². The molecule has 0 saturated heterocycles. The Bertz CT molecular complexity index is 627. The van der Waals surface area contributed by atoms with E-state index < -0.39 is 54.3 Å². The maximum Gasteiger partial charge on any atom is 0.326 e. The van der Waals surface area contributed by atoms with Crippen molar-refractivity contribution in [1.29, 1.82) is 0 Å². The van der Waals surface area contributed by atoms with Gasteiger partial charge in [-0.3, -0.25) is 19.2 Å². The fourth-order valence-corrected chi connectivity index (χ4v) is 2.68. The normalized spacial score (nSPS) is 13.7. The Kier molecular flexibility index (Phi) is 13.8. The van der Waals surface area contributed by atoms with E-state index in [2.05, 4.69) is 16.0 Å². The van der Waals surface area contributed by atoms with Crippen LogP contribution in [-0.2, 0) is 24.0 Å². The first kappa shape index (κ1) is 28.3. The van der Waals surface area contributed by atoms with Crippen molar-refractivity contribution in [3.8, 4) is 0 Å². The number of rotatable bonds is 16. The second-order valence-electron chi connectivity index (χ2n) is 7.69. The van der Waals surface area contributed by atoms with Crippen LogP contribution in [0.25, 0.3) is 0 Å². The topological polar surface area (TPSA) is 214 Å². The highest BCUT2D eigenvalue weighted by molar-refractivity contribution is 5.92. The van der Waals surface area contributed by atoms with Crippen LogP contribution in [-0.4, -0.2) is 71.1 Å². The molecule has 0 radical (unpaired) electrons. The highest BCUT2D eigenvalue weighted by Crippen LogP contribution is 2.07. The fourth-order valence-electron chi connectivity index (χ4n) is 2.68. The molecular formula is C19H35N5O7. The van der Waals surface area contributed by atoms with Crippen LogP contribution in [0.5, 0.6) is 0 Å². The molecule has 0 aliphatic carbocycles. The molecule has 0 aromatic heterocycles. The molecule has 0 aromatic rings. The number of carbonyl (C=O) groups excluding carboxylic acids is 3. The van der Waals surface area contributed by atoms with Crippen molar-refractivity contribution in [3.05, 3.63) is 0 Å². The predicted molar refractivity (Wildman–Crippen MR) is 112 cm³/mol. The lowest BCUT2D eigenvalue weighted by Crippen LogP contribution is -2.54. The average molecular weight is 446 g/mol. The van der Waals surface area contributed by atoms with Gasteiger partial charge in [-0.05, 0) is 44.6 Å². The lowest BCUT2D eigenvalue weighted by Gasteiger charge is -2.22. The van der Waals surface area contributed by atoms with Gasteiger partial charge in [-0.25, -0.2) is 4.79 Å². The first-order valence-corrected chi connectivity index (χ1v) is 10.3. The Hall–Kier alpha value is -2.73. The standard InChI is InChI=1S/C19H35N5O7/c1-11(2)9-14(19(30)31)24-18(29)13(5-3-4-8-20)23-15(25)10-22-17(28)12(21)6-7-16(26)27/h11-14H,3-10,20-21H2,1-2H3,(H,22,28)(H,23,25)(H,24,29)(H,26,27)(H,30,31). The molecule has 0 aliphatic heterocycles. The summed E-state index contributed by atoms with van der Waals surface area (Å²) in [7, 11) is 0. The number of carboxylic acids is 2. The third kappa shape index (κ3) is 13.2. The Labute approximate surface area is 181 Å². The minimum atomic E-state index is -1.17. The minimum absolute atomic E-state index is 0.0345. The van der Waals surface area contributed by atoms with Gasteiger partial charge < -0.3 is 37.6 Å². The number of unbranched alkanes of at least 4 members (excludes halogenated alkanes) is 1. The molecule has 0 fully saturated rings. The number of aliphatic carboxylic acids is 2. The molecule has 0 spiro atoms. The summed E-state index contributed by atoms with van der Waals surface area (Å²) in [5.74, 6) is -4.22. The Morgan fingerprint density at radius 2 is 1.55 bits per heavy atom. The second-order valence-corrected chi connectivity index (χ2v) is 7.69. The molecule has 0 saturated carbocycles. The van der Waals surface area contributed by atoms with E-state index in [4.69, 9.17) is 16.6 Å². The van der Waals surface area contributed by atoms with Gasteiger partial charge in [-0.2, -0.15) is 0 Å². The summed E-state index contributed by atoms with van der Waals surface area (Å²) >= 11 is 0. The molecule has 3 unspecified atom stereocenters. The van der Waals surface area contributed by atoms with Crippen LogP contribution in [0.4, 0.5) is 0 Å². The van der Waals surface area contributed by atoms with Crippen LogP contribution in [0.2, 0.25) is 0 Å². The number of carboxylic acid groups (broad SMARTS) is 2. The molecule has 178 valence electrons. The van der Waals surface area contributed by atoms with Crippen LogP contribution >= 0.6 is 0 Å². The van der Waals surface area contributed by atoms with Crippen molar-refractivity contribution in [2.75, 3.05) is 13.1 Å². The third-order valence-electron chi connectivity index (χ3n) is 4.35. The van der Waals surface area contributed by atoms with Crippen LogP contribution in [0.3, 0.4) is 0 Å². The molecule has 0 aliphatic rings. The molecule has 9 N–H and O–H groups in total. The summed E-state index contributed by atoms with van der Waals surface area (Å²) in [5.41, 5.74) is 11.0. The van der Waals surface area contributed by atoms with Gasteiger partial charge in [-0.15, -0.1) is 0 Å². The molecule has 0 aromatic carbocycles. The summed E-state index contributed by atoms with van der Waals surface area (Å²) in [6.07, 6.45) is 1.25. The van der Waals surface area contributed by atoms with Crippen molar-refractivity contribution >= 4 is 29.7 Å². The van der Waals surface area contributed by atoms with Gasteiger partial charge in [0.2, 0.25) is 17.7 Å². The highest BCUT2D eigenvalue weighted by Gasteiger charge is 2.27. The number of amides is 3. The average Bonchev–Trinajstić information content (AvgIpc) is 2.68. The van der Waals surface area contributed by atoms with Gasteiger partial charge in [0.15, 0.2) is 0 Å². The smallest absolute Gasteiger partial charge is 0.326 e. The monoisotopic (exact) mass is 445 g/mol. The summed E-state index contributed by atoms with van der Waals surface area (Å²) in [5, 5.41) is 25.1. The van der Waals surface area contributed by atoms with Crippen molar-refractivity contribution < 1.29 is 34.2 Å². The minimum Gasteiger partial charge on any atom is -0.481 e. The fraction of sp³-hybridized carbons (Fsp3) is 0.737. The first-order chi connectivity index (χ1) is 14.5. The second kappa shape index (κ2) is 15.1. The molecule has 3 amide bonds. The molecule has 0 rings (SSSR count). The van der Waals surface area contributed by atoms with E-state index in [0.717, 1.165) is 0 Å². The first-order valence-electron chi connectivity index (χ1n) is 10.3. The summed E-state index contributed by atoms with van der Waals surface area (Å²) in [6, 6.07) is -3.17. The highest BCUT2D eigenvalue weighted by atomic mass is 16.4. The van der Waals surface area contributed by atoms with Crippen molar-refractivity contribution in [3.63, 3.8) is 0 Å². The van der Waals surface area contributed by atoms with Gasteiger partial charge in [0.25, 0.3) is 0 Å². The maximum absolute atomic E-state index is 12.6. The van der Waals surface area contributed by atoms with E-state index in [9.17, 15) is 29.1 Å².